The van der Waals surface area contributed by atoms with Gasteiger partial charge >= 0.3 is 11.8 Å². The summed E-state index contributed by atoms with van der Waals surface area (Å²) in [6, 6.07) is 0. The average molecular weight is 328 g/mol. The van der Waals surface area contributed by atoms with Crippen molar-refractivity contribution in [2.24, 2.45) is 0 Å². The number of carbonyl (C=O) groups is 2. The first-order valence-electron chi connectivity index (χ1n) is 7.54. The van der Waals surface area contributed by atoms with Gasteiger partial charge in [-0.2, -0.15) is 17.6 Å². The number of hydrogen-bond donors (Lipinski definition) is 2. The fourth-order valence-corrected chi connectivity index (χ4v) is 1.66. The zero-order valence-corrected chi connectivity index (χ0v) is 13.0. The van der Waals surface area contributed by atoms with Crippen LogP contribution >= 0.6 is 0 Å². The number of halogens is 4. The van der Waals surface area contributed by atoms with E-state index in [1.165, 1.54) is 0 Å². The third-order valence-electron chi connectivity index (χ3n) is 3.10. The van der Waals surface area contributed by atoms with Crippen LogP contribution in [0.25, 0.3) is 0 Å². The molecule has 0 fully saturated rings. The number of hydrogen-bond acceptors (Lipinski definition) is 2. The largest absolute Gasteiger partial charge is 0.395 e. The van der Waals surface area contributed by atoms with Crippen molar-refractivity contribution < 1.29 is 27.2 Å². The van der Waals surface area contributed by atoms with E-state index in [1.807, 2.05) is 13.8 Å². The molecule has 0 aromatic carbocycles. The van der Waals surface area contributed by atoms with Crippen LogP contribution in [0.3, 0.4) is 0 Å². The van der Waals surface area contributed by atoms with Crippen LogP contribution in [0.2, 0.25) is 0 Å². The zero-order valence-electron chi connectivity index (χ0n) is 13.0. The zero-order chi connectivity index (χ0) is 17.2. The molecule has 0 spiro atoms. The van der Waals surface area contributed by atoms with Gasteiger partial charge in [-0.05, 0) is 12.8 Å². The number of rotatable bonds is 11. The summed E-state index contributed by atoms with van der Waals surface area (Å²) in [5.74, 6) is -14.4. The van der Waals surface area contributed by atoms with Crippen LogP contribution < -0.4 is 10.6 Å². The lowest BCUT2D eigenvalue weighted by atomic mass is 10.1. The van der Waals surface area contributed by atoms with Crippen LogP contribution in [-0.2, 0) is 9.59 Å². The molecule has 2 amide bonds. The minimum Gasteiger partial charge on any atom is -0.351 e. The van der Waals surface area contributed by atoms with E-state index >= 15 is 0 Å². The van der Waals surface area contributed by atoms with Crippen LogP contribution in [0, 0.1) is 0 Å². The maximum absolute atomic E-state index is 13.5. The van der Waals surface area contributed by atoms with E-state index in [9.17, 15) is 27.2 Å². The van der Waals surface area contributed by atoms with Gasteiger partial charge in [0.15, 0.2) is 0 Å². The van der Waals surface area contributed by atoms with E-state index in [1.54, 1.807) is 10.6 Å². The average Bonchev–Trinajstić information content (AvgIpc) is 2.47. The molecule has 0 heterocycles. The highest BCUT2D eigenvalue weighted by Crippen LogP contribution is 2.34. The molecule has 0 aliphatic carbocycles. The Morgan fingerprint density at radius 3 is 1.32 bits per heavy atom. The Morgan fingerprint density at radius 1 is 0.727 bits per heavy atom. The highest BCUT2D eigenvalue weighted by atomic mass is 19.3. The summed E-state index contributed by atoms with van der Waals surface area (Å²) >= 11 is 0. The fraction of sp³-hybridized carbons (Fsp3) is 0.857. The van der Waals surface area contributed by atoms with Gasteiger partial charge in [-0.15, -0.1) is 0 Å². The first-order valence-corrected chi connectivity index (χ1v) is 7.54. The Balaban J connectivity index is 4.55. The van der Waals surface area contributed by atoms with Crippen molar-refractivity contribution in [2.75, 3.05) is 13.1 Å². The summed E-state index contributed by atoms with van der Waals surface area (Å²) in [6.07, 6.45) is 3.77. The molecule has 0 bridgehead atoms. The molecular formula is C14H24F4N2O2. The monoisotopic (exact) mass is 328 g/mol. The molecule has 0 atom stereocenters. The molecular weight excluding hydrogens is 304 g/mol. The number of carbonyl (C=O) groups excluding carboxylic acids is 2. The van der Waals surface area contributed by atoms with Crippen LogP contribution in [0.4, 0.5) is 17.6 Å². The summed E-state index contributed by atoms with van der Waals surface area (Å²) in [5.41, 5.74) is 0. The predicted octanol–water partition coefficient (Wildman–Crippen LogP) is 2.87. The van der Waals surface area contributed by atoms with Crippen molar-refractivity contribution in [3.8, 4) is 0 Å². The molecule has 0 aliphatic heterocycles. The van der Waals surface area contributed by atoms with E-state index in [4.69, 9.17) is 0 Å². The second kappa shape index (κ2) is 9.63. The van der Waals surface area contributed by atoms with Crippen LogP contribution in [-0.4, -0.2) is 36.7 Å². The first kappa shape index (κ1) is 20.7. The molecule has 0 saturated carbocycles. The van der Waals surface area contributed by atoms with Crippen molar-refractivity contribution >= 4 is 11.8 Å². The lowest BCUT2D eigenvalue weighted by molar-refractivity contribution is -0.211. The summed E-state index contributed by atoms with van der Waals surface area (Å²) in [7, 11) is 0. The lowest BCUT2D eigenvalue weighted by Crippen LogP contribution is -2.59. The second-order valence-electron chi connectivity index (χ2n) is 5.07. The van der Waals surface area contributed by atoms with Gasteiger partial charge in [-0.1, -0.05) is 39.5 Å². The number of amides is 2. The van der Waals surface area contributed by atoms with Crippen molar-refractivity contribution in [1.29, 1.82) is 0 Å². The Labute approximate surface area is 128 Å². The molecule has 0 aliphatic rings. The molecule has 0 radical (unpaired) electrons. The Hall–Kier alpha value is -1.34. The quantitative estimate of drug-likeness (QED) is 0.453. The lowest BCUT2D eigenvalue weighted by Gasteiger charge is -2.24. The second-order valence-corrected chi connectivity index (χ2v) is 5.07. The van der Waals surface area contributed by atoms with E-state index in [2.05, 4.69) is 0 Å². The number of nitrogens with one attached hydrogen (secondary N) is 2. The highest BCUT2D eigenvalue weighted by molar-refractivity contribution is 5.95. The van der Waals surface area contributed by atoms with Gasteiger partial charge in [0.1, 0.15) is 0 Å². The Morgan fingerprint density at radius 2 is 1.05 bits per heavy atom. The maximum atomic E-state index is 13.5. The van der Waals surface area contributed by atoms with Gasteiger partial charge in [0.25, 0.3) is 11.8 Å². The molecule has 0 aromatic heterocycles. The van der Waals surface area contributed by atoms with Crippen LogP contribution in [0.15, 0.2) is 0 Å². The minimum absolute atomic E-state index is 0.129. The topological polar surface area (TPSA) is 58.2 Å². The van der Waals surface area contributed by atoms with E-state index < -0.39 is 23.7 Å². The van der Waals surface area contributed by atoms with E-state index in [0.717, 1.165) is 12.8 Å². The summed E-state index contributed by atoms with van der Waals surface area (Å²) < 4.78 is 54.0. The minimum atomic E-state index is -5.08. The van der Waals surface area contributed by atoms with Crippen molar-refractivity contribution in [3.63, 3.8) is 0 Å². The number of alkyl halides is 4. The molecule has 22 heavy (non-hydrogen) atoms. The molecule has 130 valence electrons. The Kier molecular flexibility index (Phi) is 9.04. The van der Waals surface area contributed by atoms with Crippen molar-refractivity contribution in [2.45, 2.75) is 64.2 Å². The SMILES string of the molecule is CCCCCNC(=O)C(F)(F)C(F)(F)C(=O)NCCCCC. The van der Waals surface area contributed by atoms with Crippen LogP contribution in [0.1, 0.15) is 52.4 Å². The molecule has 4 nitrogen and oxygen atoms in total. The van der Waals surface area contributed by atoms with Crippen molar-refractivity contribution in [3.05, 3.63) is 0 Å². The maximum Gasteiger partial charge on any atom is 0.395 e. The smallest absolute Gasteiger partial charge is 0.351 e. The Bertz CT molecular complexity index is 329. The van der Waals surface area contributed by atoms with Gasteiger partial charge in [-0.3, -0.25) is 9.59 Å². The van der Waals surface area contributed by atoms with Gasteiger partial charge in [0.2, 0.25) is 0 Å². The summed E-state index contributed by atoms with van der Waals surface area (Å²) in [5, 5.41) is 3.49. The standard InChI is InChI=1S/C14H24F4N2O2/c1-3-5-7-9-19-11(21)13(15,16)14(17,18)12(22)20-10-8-6-4-2/h3-10H2,1-2H3,(H,19,21)(H,20,22). The van der Waals surface area contributed by atoms with Gasteiger partial charge in [0, 0.05) is 13.1 Å². The van der Waals surface area contributed by atoms with Gasteiger partial charge in [0.05, 0.1) is 0 Å². The molecule has 8 heteroatoms. The van der Waals surface area contributed by atoms with Crippen molar-refractivity contribution in [1.82, 2.24) is 10.6 Å². The van der Waals surface area contributed by atoms with E-state index in [-0.39, 0.29) is 13.1 Å². The molecule has 2 N–H and O–H groups in total. The molecule has 0 saturated heterocycles. The fourth-order valence-electron chi connectivity index (χ4n) is 1.66. The molecule has 0 rings (SSSR count). The predicted molar refractivity (Wildman–Crippen MR) is 75.0 cm³/mol. The number of unbranched alkanes of at least 4 members (excludes halogenated alkanes) is 4. The van der Waals surface area contributed by atoms with Gasteiger partial charge < -0.3 is 10.6 Å². The third kappa shape index (κ3) is 5.81. The molecule has 0 unspecified atom stereocenters. The summed E-state index contributed by atoms with van der Waals surface area (Å²) in [4.78, 5) is 22.5. The summed E-state index contributed by atoms with van der Waals surface area (Å²) in [6.45, 7) is 3.48. The third-order valence-corrected chi connectivity index (χ3v) is 3.10. The van der Waals surface area contributed by atoms with Crippen LogP contribution in [0.5, 0.6) is 0 Å². The normalized spacial score (nSPS) is 12.1. The first-order chi connectivity index (χ1) is 10.2. The molecule has 0 aromatic rings. The highest BCUT2D eigenvalue weighted by Gasteiger charge is 2.66. The van der Waals surface area contributed by atoms with E-state index in [0.29, 0.717) is 25.7 Å². The van der Waals surface area contributed by atoms with Gasteiger partial charge in [-0.25, -0.2) is 0 Å².